The third-order valence-electron chi connectivity index (χ3n) is 5.16. The first-order valence-corrected chi connectivity index (χ1v) is 11.2. The van der Waals surface area contributed by atoms with Gasteiger partial charge in [0, 0.05) is 9.79 Å². The van der Waals surface area contributed by atoms with Crippen LogP contribution in [-0.2, 0) is 4.74 Å². The summed E-state index contributed by atoms with van der Waals surface area (Å²) in [6, 6.07) is 14.4. The summed E-state index contributed by atoms with van der Waals surface area (Å²) >= 11 is 1.57. The van der Waals surface area contributed by atoms with Gasteiger partial charge in [-0.1, -0.05) is 30.8 Å². The SMILES string of the molecule is CCC1COC(=O)N1c1nc(C)nc(N[C@H](C)c2ccc(Sc3ccc(F)cc3)cc2)n1. The van der Waals surface area contributed by atoms with Gasteiger partial charge < -0.3 is 10.1 Å². The summed E-state index contributed by atoms with van der Waals surface area (Å²) in [4.78, 5) is 28.9. The van der Waals surface area contributed by atoms with Crippen LogP contribution in [0.1, 0.15) is 37.7 Å². The van der Waals surface area contributed by atoms with Crippen molar-refractivity contribution in [1.29, 1.82) is 0 Å². The number of aryl methyl sites for hydroxylation is 1. The van der Waals surface area contributed by atoms with Gasteiger partial charge in [-0.3, -0.25) is 0 Å². The number of rotatable bonds is 7. The van der Waals surface area contributed by atoms with Crippen LogP contribution in [0.2, 0.25) is 0 Å². The molecule has 2 atom stereocenters. The largest absolute Gasteiger partial charge is 0.447 e. The molecule has 1 saturated heterocycles. The quantitative estimate of drug-likeness (QED) is 0.514. The van der Waals surface area contributed by atoms with E-state index in [1.165, 1.54) is 17.0 Å². The molecule has 0 spiro atoms. The minimum atomic E-state index is -0.435. The van der Waals surface area contributed by atoms with Crippen LogP contribution in [0.3, 0.4) is 0 Å². The number of aromatic nitrogens is 3. The molecule has 1 aliphatic heterocycles. The maximum absolute atomic E-state index is 13.1. The predicted molar refractivity (Wildman–Crippen MR) is 121 cm³/mol. The minimum Gasteiger partial charge on any atom is -0.447 e. The molecular weight excluding hydrogens is 429 g/mol. The molecule has 9 heteroatoms. The Hall–Kier alpha value is -3.20. The van der Waals surface area contributed by atoms with Gasteiger partial charge in [0.15, 0.2) is 0 Å². The van der Waals surface area contributed by atoms with Crippen LogP contribution in [0, 0.1) is 12.7 Å². The molecule has 1 amide bonds. The van der Waals surface area contributed by atoms with E-state index in [4.69, 9.17) is 4.74 Å². The highest BCUT2D eigenvalue weighted by molar-refractivity contribution is 7.99. The summed E-state index contributed by atoms with van der Waals surface area (Å²) in [6.07, 6.45) is 0.313. The summed E-state index contributed by atoms with van der Waals surface area (Å²) in [5, 5.41) is 3.30. The van der Waals surface area contributed by atoms with Crippen LogP contribution in [0.5, 0.6) is 0 Å². The zero-order valence-electron chi connectivity index (χ0n) is 18.1. The average molecular weight is 454 g/mol. The Kier molecular flexibility index (Phi) is 6.55. The molecule has 32 heavy (non-hydrogen) atoms. The lowest BCUT2D eigenvalue weighted by Gasteiger charge is -2.20. The van der Waals surface area contributed by atoms with E-state index in [2.05, 4.69) is 20.3 Å². The van der Waals surface area contributed by atoms with E-state index >= 15 is 0 Å². The molecule has 0 aliphatic carbocycles. The van der Waals surface area contributed by atoms with E-state index in [1.807, 2.05) is 38.1 Å². The average Bonchev–Trinajstić information content (AvgIpc) is 3.16. The molecule has 7 nitrogen and oxygen atoms in total. The fourth-order valence-electron chi connectivity index (χ4n) is 3.39. The molecule has 1 N–H and O–H groups in total. The maximum Gasteiger partial charge on any atom is 0.417 e. The van der Waals surface area contributed by atoms with Crippen molar-refractivity contribution in [3.8, 4) is 0 Å². The smallest absolute Gasteiger partial charge is 0.417 e. The van der Waals surface area contributed by atoms with E-state index in [-0.39, 0.29) is 17.9 Å². The number of hydrogen-bond donors (Lipinski definition) is 1. The van der Waals surface area contributed by atoms with Crippen LogP contribution in [0.25, 0.3) is 0 Å². The van der Waals surface area contributed by atoms with Crippen molar-refractivity contribution < 1.29 is 13.9 Å². The Morgan fingerprint density at radius 1 is 1.12 bits per heavy atom. The molecule has 0 radical (unpaired) electrons. The summed E-state index contributed by atoms with van der Waals surface area (Å²) < 4.78 is 18.2. The fraction of sp³-hybridized carbons (Fsp3) is 0.304. The van der Waals surface area contributed by atoms with Gasteiger partial charge in [-0.2, -0.15) is 15.0 Å². The van der Waals surface area contributed by atoms with Crippen molar-refractivity contribution in [3.05, 3.63) is 65.7 Å². The highest BCUT2D eigenvalue weighted by Crippen LogP contribution is 2.29. The minimum absolute atomic E-state index is 0.0676. The molecule has 2 aromatic carbocycles. The number of benzene rings is 2. The first kappa shape index (κ1) is 22.0. The number of ether oxygens (including phenoxy) is 1. The van der Waals surface area contributed by atoms with Crippen molar-refractivity contribution in [1.82, 2.24) is 15.0 Å². The second-order valence-corrected chi connectivity index (χ2v) is 8.65. The van der Waals surface area contributed by atoms with Crippen molar-refractivity contribution in [3.63, 3.8) is 0 Å². The Labute approximate surface area is 190 Å². The highest BCUT2D eigenvalue weighted by atomic mass is 32.2. The molecule has 1 aromatic heterocycles. The van der Waals surface area contributed by atoms with Crippen LogP contribution >= 0.6 is 11.8 Å². The Bertz CT molecular complexity index is 1090. The second-order valence-electron chi connectivity index (χ2n) is 7.51. The molecule has 4 rings (SSSR count). The predicted octanol–water partition coefficient (Wildman–Crippen LogP) is 5.38. The molecule has 0 bridgehead atoms. The van der Waals surface area contributed by atoms with Crippen molar-refractivity contribution in [2.75, 3.05) is 16.8 Å². The van der Waals surface area contributed by atoms with Crippen LogP contribution in [0.15, 0.2) is 58.3 Å². The van der Waals surface area contributed by atoms with Gasteiger partial charge >= 0.3 is 6.09 Å². The number of amides is 1. The zero-order chi connectivity index (χ0) is 22.7. The third kappa shape index (κ3) is 4.99. The number of hydrogen-bond acceptors (Lipinski definition) is 7. The normalized spacial score (nSPS) is 16.7. The number of carbonyl (C=O) groups excluding carboxylic acids is 1. The number of nitrogens with one attached hydrogen (secondary N) is 1. The van der Waals surface area contributed by atoms with Crippen LogP contribution in [-0.4, -0.2) is 33.7 Å². The van der Waals surface area contributed by atoms with Crippen molar-refractivity contribution >= 4 is 29.8 Å². The molecule has 166 valence electrons. The van der Waals surface area contributed by atoms with Gasteiger partial charge in [-0.15, -0.1) is 0 Å². The fourth-order valence-corrected chi connectivity index (χ4v) is 4.20. The van der Waals surface area contributed by atoms with Crippen molar-refractivity contribution in [2.45, 2.75) is 49.1 Å². The second kappa shape index (κ2) is 9.52. The monoisotopic (exact) mass is 453 g/mol. The van der Waals surface area contributed by atoms with Gasteiger partial charge in [-0.05, 0) is 62.2 Å². The Morgan fingerprint density at radius 2 is 1.78 bits per heavy atom. The topological polar surface area (TPSA) is 80.2 Å². The third-order valence-corrected chi connectivity index (χ3v) is 6.17. The molecule has 3 aromatic rings. The molecule has 1 aliphatic rings. The first-order valence-electron chi connectivity index (χ1n) is 10.4. The first-order chi connectivity index (χ1) is 15.4. The zero-order valence-corrected chi connectivity index (χ0v) is 18.9. The molecule has 1 fully saturated rings. The van der Waals surface area contributed by atoms with Gasteiger partial charge in [0.1, 0.15) is 18.2 Å². The lowest BCUT2D eigenvalue weighted by molar-refractivity contribution is 0.178. The number of carbonyl (C=O) groups is 1. The summed E-state index contributed by atoms with van der Waals surface area (Å²) in [5.41, 5.74) is 1.06. The van der Waals surface area contributed by atoms with Gasteiger partial charge in [-0.25, -0.2) is 14.1 Å². The Balaban J connectivity index is 1.46. The lowest BCUT2D eigenvalue weighted by atomic mass is 10.1. The molecular formula is C23H24FN5O2S. The Morgan fingerprint density at radius 3 is 2.44 bits per heavy atom. The van der Waals surface area contributed by atoms with E-state index in [1.54, 1.807) is 30.8 Å². The summed E-state index contributed by atoms with van der Waals surface area (Å²) in [6.45, 7) is 6.11. The number of halogens is 1. The molecule has 1 unspecified atom stereocenters. The van der Waals surface area contributed by atoms with Crippen LogP contribution in [0.4, 0.5) is 21.1 Å². The molecule has 2 heterocycles. The van der Waals surface area contributed by atoms with Crippen LogP contribution < -0.4 is 10.2 Å². The number of cyclic esters (lactones) is 1. The van der Waals surface area contributed by atoms with Gasteiger partial charge in [0.25, 0.3) is 0 Å². The highest BCUT2D eigenvalue weighted by Gasteiger charge is 2.35. The summed E-state index contributed by atoms with van der Waals surface area (Å²) in [7, 11) is 0. The van der Waals surface area contributed by atoms with E-state index in [0.29, 0.717) is 24.3 Å². The van der Waals surface area contributed by atoms with E-state index < -0.39 is 6.09 Å². The van der Waals surface area contributed by atoms with Gasteiger partial charge in [0.2, 0.25) is 11.9 Å². The number of anilines is 2. The maximum atomic E-state index is 13.1. The molecule has 0 saturated carbocycles. The van der Waals surface area contributed by atoms with E-state index in [9.17, 15) is 9.18 Å². The number of nitrogens with zero attached hydrogens (tertiary/aromatic N) is 4. The van der Waals surface area contributed by atoms with E-state index in [0.717, 1.165) is 21.8 Å². The van der Waals surface area contributed by atoms with Crippen molar-refractivity contribution in [2.24, 2.45) is 0 Å². The lowest BCUT2D eigenvalue weighted by Crippen LogP contribution is -2.34. The van der Waals surface area contributed by atoms with Gasteiger partial charge in [0.05, 0.1) is 12.1 Å². The standard InChI is InChI=1S/C23H24FN5O2S/c1-4-18-13-31-23(30)29(18)22-27-15(3)26-21(28-22)25-14(2)16-5-9-19(10-6-16)32-20-11-7-17(24)8-12-20/h5-12,14,18H,4,13H2,1-3H3,(H,25,26,27,28)/t14-,18?/m1/s1. The summed E-state index contributed by atoms with van der Waals surface area (Å²) in [5.74, 6) is 0.977.